The molecule has 0 aliphatic carbocycles. The van der Waals surface area contributed by atoms with Gasteiger partial charge in [0.1, 0.15) is 22.6 Å². The van der Waals surface area contributed by atoms with Crippen molar-refractivity contribution in [2.24, 2.45) is 0 Å². The van der Waals surface area contributed by atoms with Crippen LogP contribution in [0.15, 0.2) is 76.3 Å². The molecular weight excluding hydrogens is 448 g/mol. The number of nitrogens with one attached hydrogen (secondary N) is 1. The second kappa shape index (κ2) is 10.2. The second-order valence-corrected chi connectivity index (χ2v) is 8.84. The molecule has 0 radical (unpaired) electrons. The quantitative estimate of drug-likeness (QED) is 0.345. The number of benzene rings is 2. The van der Waals surface area contributed by atoms with E-state index in [9.17, 15) is 10.1 Å². The van der Waals surface area contributed by atoms with Crippen molar-refractivity contribution in [2.75, 3.05) is 12.4 Å². The van der Waals surface area contributed by atoms with Crippen molar-refractivity contribution < 1.29 is 14.1 Å². The number of hydrogen-bond acceptors (Lipinski definition) is 7. The smallest absolute Gasteiger partial charge is 0.238 e. The van der Waals surface area contributed by atoms with Gasteiger partial charge in [0.25, 0.3) is 0 Å². The predicted molar refractivity (Wildman–Crippen MR) is 132 cm³/mol. The van der Waals surface area contributed by atoms with Crippen LogP contribution in [0.1, 0.15) is 18.2 Å². The molecule has 8 heteroatoms. The van der Waals surface area contributed by atoms with Crippen molar-refractivity contribution in [1.82, 2.24) is 10.1 Å². The van der Waals surface area contributed by atoms with Crippen LogP contribution in [0.2, 0.25) is 0 Å². The number of ether oxygens (including phenoxy) is 1. The largest absolute Gasteiger partial charge is 0.497 e. The Labute approximate surface area is 201 Å². The van der Waals surface area contributed by atoms with Crippen molar-refractivity contribution in [1.29, 1.82) is 5.26 Å². The van der Waals surface area contributed by atoms with E-state index in [1.807, 2.05) is 60.7 Å². The minimum Gasteiger partial charge on any atom is -0.497 e. The number of amides is 1. The first-order valence-corrected chi connectivity index (χ1v) is 11.4. The highest BCUT2D eigenvalue weighted by Crippen LogP contribution is 2.36. The molecule has 0 saturated carbocycles. The maximum absolute atomic E-state index is 12.8. The summed E-state index contributed by atoms with van der Waals surface area (Å²) in [6, 6.07) is 23.1. The van der Waals surface area contributed by atoms with Crippen LogP contribution in [0, 0.1) is 18.3 Å². The highest BCUT2D eigenvalue weighted by Gasteiger charge is 2.22. The van der Waals surface area contributed by atoms with Crippen LogP contribution >= 0.6 is 11.8 Å². The van der Waals surface area contributed by atoms with Gasteiger partial charge in [0, 0.05) is 17.2 Å². The third-order valence-electron chi connectivity index (χ3n) is 5.11. The third-order valence-corrected chi connectivity index (χ3v) is 6.19. The number of rotatable bonds is 7. The van der Waals surface area contributed by atoms with Crippen LogP contribution < -0.4 is 10.1 Å². The van der Waals surface area contributed by atoms with Crippen molar-refractivity contribution in [3.8, 4) is 34.2 Å². The van der Waals surface area contributed by atoms with Gasteiger partial charge in [0.15, 0.2) is 5.82 Å². The molecule has 0 spiro atoms. The van der Waals surface area contributed by atoms with E-state index in [0.29, 0.717) is 27.9 Å². The molecule has 0 aliphatic heterocycles. The fourth-order valence-corrected chi connectivity index (χ4v) is 4.27. The molecule has 4 aromatic rings. The molecule has 7 nitrogen and oxygen atoms in total. The number of thioether (sulfide) groups is 1. The lowest BCUT2D eigenvalue weighted by atomic mass is 9.99. The van der Waals surface area contributed by atoms with Gasteiger partial charge < -0.3 is 14.6 Å². The van der Waals surface area contributed by atoms with Gasteiger partial charge in [-0.3, -0.25) is 4.79 Å². The molecule has 2 aromatic carbocycles. The van der Waals surface area contributed by atoms with E-state index in [2.05, 4.69) is 16.5 Å². The van der Waals surface area contributed by atoms with Crippen LogP contribution in [0.5, 0.6) is 5.75 Å². The van der Waals surface area contributed by atoms with Gasteiger partial charge in [-0.05, 0) is 37.6 Å². The third kappa shape index (κ3) is 5.11. The highest BCUT2D eigenvalue weighted by atomic mass is 32.2. The Morgan fingerprint density at radius 2 is 1.85 bits per heavy atom. The summed E-state index contributed by atoms with van der Waals surface area (Å²) in [4.78, 5) is 17.5. The van der Waals surface area contributed by atoms with Crippen LogP contribution in [-0.4, -0.2) is 28.4 Å². The number of carbonyl (C=O) groups is 1. The second-order valence-electron chi connectivity index (χ2n) is 7.51. The topological polar surface area (TPSA) is 101 Å². The predicted octanol–water partition coefficient (Wildman–Crippen LogP) is 5.71. The lowest BCUT2D eigenvalue weighted by Crippen LogP contribution is -2.22. The number of anilines is 1. The van der Waals surface area contributed by atoms with E-state index in [-0.39, 0.29) is 5.91 Å². The van der Waals surface area contributed by atoms with E-state index < -0.39 is 5.25 Å². The molecule has 0 aliphatic rings. The van der Waals surface area contributed by atoms with Crippen molar-refractivity contribution >= 4 is 23.5 Å². The zero-order valence-electron chi connectivity index (χ0n) is 18.9. The molecule has 4 rings (SSSR count). The lowest BCUT2D eigenvalue weighted by molar-refractivity contribution is -0.115. The Morgan fingerprint density at radius 1 is 1.12 bits per heavy atom. The number of pyridine rings is 1. The summed E-state index contributed by atoms with van der Waals surface area (Å²) in [5.41, 5.74) is 3.63. The summed E-state index contributed by atoms with van der Waals surface area (Å²) < 4.78 is 10.3. The number of aryl methyl sites for hydroxylation is 1. The van der Waals surface area contributed by atoms with Crippen molar-refractivity contribution in [2.45, 2.75) is 24.1 Å². The van der Waals surface area contributed by atoms with Crippen molar-refractivity contribution in [3.63, 3.8) is 0 Å². The zero-order valence-corrected chi connectivity index (χ0v) is 19.7. The first-order chi connectivity index (χ1) is 16.5. The standard InChI is InChI=1S/C26H22N4O3S/c1-16-13-24(30-33-16)29-25(31)17(2)34-26-22(15-27)21(18-9-11-20(32-3)12-10-18)14-23(28-26)19-7-5-4-6-8-19/h4-14,17H,1-3H3,(H,29,30,31). The molecule has 0 saturated heterocycles. The Balaban J connectivity index is 1.74. The van der Waals surface area contributed by atoms with E-state index in [0.717, 1.165) is 22.4 Å². The van der Waals surface area contributed by atoms with Gasteiger partial charge in [-0.2, -0.15) is 5.26 Å². The molecule has 0 fully saturated rings. The summed E-state index contributed by atoms with van der Waals surface area (Å²) in [7, 11) is 1.61. The summed E-state index contributed by atoms with van der Waals surface area (Å²) in [6.45, 7) is 3.51. The molecule has 2 heterocycles. The molecule has 2 aromatic heterocycles. The SMILES string of the molecule is COc1ccc(-c2cc(-c3ccccc3)nc(SC(C)C(=O)Nc3cc(C)on3)c2C#N)cc1. The molecule has 34 heavy (non-hydrogen) atoms. The molecule has 0 bridgehead atoms. The van der Waals surface area contributed by atoms with Gasteiger partial charge in [0.2, 0.25) is 5.91 Å². The first-order valence-electron chi connectivity index (χ1n) is 10.5. The minimum atomic E-state index is -0.536. The van der Waals surface area contributed by atoms with E-state index in [4.69, 9.17) is 14.2 Å². The van der Waals surface area contributed by atoms with Gasteiger partial charge in [-0.25, -0.2) is 4.98 Å². The summed E-state index contributed by atoms with van der Waals surface area (Å²) in [6.07, 6.45) is 0. The zero-order chi connectivity index (χ0) is 24.1. The molecule has 170 valence electrons. The van der Waals surface area contributed by atoms with E-state index >= 15 is 0 Å². The monoisotopic (exact) mass is 470 g/mol. The summed E-state index contributed by atoms with van der Waals surface area (Å²) in [5, 5.41) is 16.5. The van der Waals surface area contributed by atoms with Gasteiger partial charge in [0.05, 0.1) is 23.6 Å². The number of nitrogens with zero attached hydrogens (tertiary/aromatic N) is 3. The number of nitriles is 1. The minimum absolute atomic E-state index is 0.264. The van der Waals surface area contributed by atoms with Gasteiger partial charge >= 0.3 is 0 Å². The Bertz CT molecular complexity index is 1340. The highest BCUT2D eigenvalue weighted by molar-refractivity contribution is 8.00. The van der Waals surface area contributed by atoms with Crippen molar-refractivity contribution in [3.05, 3.63) is 78.1 Å². The van der Waals surface area contributed by atoms with Crippen LogP contribution in [-0.2, 0) is 4.79 Å². The maximum Gasteiger partial charge on any atom is 0.238 e. The van der Waals surface area contributed by atoms with E-state index in [1.165, 1.54) is 11.8 Å². The number of methoxy groups -OCH3 is 1. The molecule has 1 unspecified atom stereocenters. The van der Waals surface area contributed by atoms with Crippen LogP contribution in [0.4, 0.5) is 5.82 Å². The Morgan fingerprint density at radius 3 is 2.47 bits per heavy atom. The Hall–Kier alpha value is -4.09. The maximum atomic E-state index is 12.8. The average molecular weight is 471 g/mol. The molecule has 1 atom stereocenters. The van der Waals surface area contributed by atoms with E-state index in [1.54, 1.807) is 27.0 Å². The number of carbonyl (C=O) groups excluding carboxylic acids is 1. The lowest BCUT2D eigenvalue weighted by Gasteiger charge is -2.15. The summed E-state index contributed by atoms with van der Waals surface area (Å²) in [5.74, 6) is 1.41. The Kier molecular flexibility index (Phi) is 6.95. The van der Waals surface area contributed by atoms with Crippen LogP contribution in [0.3, 0.4) is 0 Å². The number of aromatic nitrogens is 2. The fourth-order valence-electron chi connectivity index (χ4n) is 3.34. The average Bonchev–Trinajstić information content (AvgIpc) is 3.28. The molecular formula is C26H22N4O3S. The fraction of sp³-hybridized carbons (Fsp3) is 0.154. The summed E-state index contributed by atoms with van der Waals surface area (Å²) >= 11 is 1.23. The first kappa shape index (κ1) is 23.1. The van der Waals surface area contributed by atoms with Crippen LogP contribution in [0.25, 0.3) is 22.4 Å². The van der Waals surface area contributed by atoms with Gasteiger partial charge in [-0.1, -0.05) is 59.4 Å². The molecule has 1 N–H and O–H groups in total. The van der Waals surface area contributed by atoms with Gasteiger partial charge in [-0.15, -0.1) is 0 Å². The number of hydrogen-bond donors (Lipinski definition) is 1. The molecule has 1 amide bonds. The normalized spacial score (nSPS) is 11.5.